The van der Waals surface area contributed by atoms with Crippen molar-refractivity contribution in [2.45, 2.75) is 18.4 Å². The zero-order valence-electron chi connectivity index (χ0n) is 16.3. The summed E-state index contributed by atoms with van der Waals surface area (Å²) in [6.07, 6.45) is 0.118. The zero-order chi connectivity index (χ0) is 21.5. The zero-order valence-corrected chi connectivity index (χ0v) is 17.9. The number of nitrogens with one attached hydrogen (secondary N) is 1. The average Bonchev–Trinajstić information content (AvgIpc) is 2.76. The van der Waals surface area contributed by atoms with Gasteiger partial charge in [0.1, 0.15) is 6.04 Å². The number of benzene rings is 3. The van der Waals surface area contributed by atoms with E-state index >= 15 is 0 Å². The van der Waals surface area contributed by atoms with Gasteiger partial charge in [-0.05, 0) is 28.8 Å². The summed E-state index contributed by atoms with van der Waals surface area (Å²) in [7, 11) is 1.28. The molecule has 0 aliphatic heterocycles. The van der Waals surface area contributed by atoms with E-state index in [0.717, 1.165) is 11.1 Å². The number of carbonyl (C=O) groups excluding carboxylic acids is 2. The molecule has 3 aromatic carbocycles. The van der Waals surface area contributed by atoms with Crippen LogP contribution in [-0.2, 0) is 20.7 Å². The molecule has 0 bridgehead atoms. The van der Waals surface area contributed by atoms with E-state index in [-0.39, 0.29) is 12.3 Å². The molecule has 154 valence electrons. The number of hydrogen-bond acceptors (Lipinski definition) is 3. The van der Waals surface area contributed by atoms with Gasteiger partial charge in [0.2, 0.25) is 5.91 Å². The Hall–Kier alpha value is -2.82. The van der Waals surface area contributed by atoms with E-state index in [4.69, 9.17) is 27.9 Å². The fraction of sp³-hybridized carbons (Fsp3) is 0.167. The Morgan fingerprint density at radius 1 is 0.833 bits per heavy atom. The van der Waals surface area contributed by atoms with Gasteiger partial charge >= 0.3 is 5.97 Å². The van der Waals surface area contributed by atoms with Crippen LogP contribution in [0.4, 0.5) is 0 Å². The van der Waals surface area contributed by atoms with Crippen molar-refractivity contribution in [3.05, 3.63) is 106 Å². The molecule has 1 amide bonds. The number of ether oxygens (including phenoxy) is 1. The highest BCUT2D eigenvalue weighted by Crippen LogP contribution is 2.27. The normalized spacial score (nSPS) is 11.7. The third kappa shape index (κ3) is 5.21. The van der Waals surface area contributed by atoms with Crippen LogP contribution in [-0.4, -0.2) is 25.0 Å². The molecular weight excluding hydrogens is 421 g/mol. The van der Waals surface area contributed by atoms with Crippen LogP contribution in [0.1, 0.15) is 22.6 Å². The van der Waals surface area contributed by atoms with E-state index in [0.29, 0.717) is 15.6 Å². The molecule has 0 spiro atoms. The Kier molecular flexibility index (Phi) is 7.50. The second kappa shape index (κ2) is 10.3. The highest BCUT2D eigenvalue weighted by molar-refractivity contribution is 6.36. The maximum Gasteiger partial charge on any atom is 0.328 e. The molecule has 1 atom stereocenters. The summed E-state index contributed by atoms with van der Waals surface area (Å²) in [6.45, 7) is 0. The smallest absolute Gasteiger partial charge is 0.328 e. The molecule has 3 aromatic rings. The second-order valence-electron chi connectivity index (χ2n) is 6.74. The quantitative estimate of drug-likeness (QED) is 0.523. The van der Waals surface area contributed by atoms with Crippen LogP contribution in [0.3, 0.4) is 0 Å². The van der Waals surface area contributed by atoms with Crippen molar-refractivity contribution in [3.63, 3.8) is 0 Å². The van der Waals surface area contributed by atoms with Gasteiger partial charge in [-0.3, -0.25) is 4.79 Å². The summed E-state index contributed by atoms with van der Waals surface area (Å²) < 4.78 is 4.92. The van der Waals surface area contributed by atoms with Gasteiger partial charge in [0, 0.05) is 16.5 Å². The van der Waals surface area contributed by atoms with Gasteiger partial charge < -0.3 is 10.1 Å². The van der Waals surface area contributed by atoms with Gasteiger partial charge in [-0.15, -0.1) is 0 Å². The van der Waals surface area contributed by atoms with E-state index in [1.807, 2.05) is 60.7 Å². The summed E-state index contributed by atoms with van der Waals surface area (Å²) in [5.41, 5.74) is 2.22. The first kappa shape index (κ1) is 21.9. The third-order valence-corrected chi connectivity index (χ3v) is 5.51. The lowest BCUT2D eigenvalue weighted by Crippen LogP contribution is -2.45. The van der Waals surface area contributed by atoms with E-state index < -0.39 is 17.9 Å². The Balaban J connectivity index is 1.92. The van der Waals surface area contributed by atoms with Crippen LogP contribution in [0.15, 0.2) is 78.9 Å². The van der Waals surface area contributed by atoms with Crippen molar-refractivity contribution in [2.75, 3.05) is 7.11 Å². The highest BCUT2D eigenvalue weighted by Gasteiger charge is 2.29. The van der Waals surface area contributed by atoms with Gasteiger partial charge in [-0.2, -0.15) is 0 Å². The molecule has 0 unspecified atom stereocenters. The first-order valence-electron chi connectivity index (χ1n) is 9.42. The van der Waals surface area contributed by atoms with Gasteiger partial charge in [0.25, 0.3) is 0 Å². The van der Waals surface area contributed by atoms with Crippen LogP contribution < -0.4 is 5.32 Å². The molecule has 4 nitrogen and oxygen atoms in total. The number of methoxy groups -OCH3 is 1. The van der Waals surface area contributed by atoms with Crippen molar-refractivity contribution >= 4 is 35.1 Å². The van der Waals surface area contributed by atoms with Crippen molar-refractivity contribution in [2.24, 2.45) is 0 Å². The van der Waals surface area contributed by atoms with Crippen LogP contribution in [0.5, 0.6) is 0 Å². The maximum atomic E-state index is 13.4. The van der Waals surface area contributed by atoms with Crippen LogP contribution in [0.25, 0.3) is 0 Å². The summed E-state index contributed by atoms with van der Waals surface area (Å²) in [5, 5.41) is 3.69. The molecular formula is C24H21Cl2NO3. The molecule has 0 aliphatic carbocycles. The highest BCUT2D eigenvalue weighted by atomic mass is 35.5. The minimum Gasteiger partial charge on any atom is -0.467 e. The maximum absolute atomic E-state index is 13.4. The fourth-order valence-electron chi connectivity index (χ4n) is 3.31. The van der Waals surface area contributed by atoms with E-state index in [1.165, 1.54) is 7.11 Å². The lowest BCUT2D eigenvalue weighted by Gasteiger charge is -2.23. The number of rotatable bonds is 7. The van der Waals surface area contributed by atoms with Crippen molar-refractivity contribution in [1.29, 1.82) is 0 Å². The van der Waals surface area contributed by atoms with Crippen molar-refractivity contribution < 1.29 is 14.3 Å². The monoisotopic (exact) mass is 441 g/mol. The number of carbonyl (C=O) groups is 2. The van der Waals surface area contributed by atoms with E-state index in [2.05, 4.69) is 5.32 Å². The molecule has 0 saturated heterocycles. The summed E-state index contributed by atoms with van der Waals surface area (Å²) >= 11 is 12.5. The van der Waals surface area contributed by atoms with E-state index in [9.17, 15) is 9.59 Å². The number of esters is 1. The number of amides is 1. The first-order valence-corrected chi connectivity index (χ1v) is 10.2. The molecule has 3 rings (SSSR count). The Labute approximate surface area is 185 Å². The molecule has 0 aromatic heterocycles. The predicted molar refractivity (Wildman–Crippen MR) is 119 cm³/mol. The fourth-order valence-corrected chi connectivity index (χ4v) is 3.86. The van der Waals surface area contributed by atoms with Gasteiger partial charge in [-0.25, -0.2) is 4.79 Å². The van der Waals surface area contributed by atoms with Crippen molar-refractivity contribution in [3.8, 4) is 0 Å². The topological polar surface area (TPSA) is 55.4 Å². The second-order valence-corrected chi connectivity index (χ2v) is 7.56. The molecule has 1 N–H and O–H groups in total. The van der Waals surface area contributed by atoms with E-state index in [1.54, 1.807) is 18.2 Å². The first-order chi connectivity index (χ1) is 14.5. The molecule has 0 aliphatic rings. The number of halogens is 2. The number of hydrogen-bond donors (Lipinski definition) is 1. The molecule has 0 heterocycles. The summed E-state index contributed by atoms with van der Waals surface area (Å²) in [4.78, 5) is 25.8. The van der Waals surface area contributed by atoms with Gasteiger partial charge in [-0.1, -0.05) is 89.9 Å². The van der Waals surface area contributed by atoms with Crippen LogP contribution in [0, 0.1) is 0 Å². The summed E-state index contributed by atoms with van der Waals surface area (Å²) in [6, 6.07) is 23.0. The predicted octanol–water partition coefficient (Wildman–Crippen LogP) is 5.03. The largest absolute Gasteiger partial charge is 0.467 e. The molecule has 0 fully saturated rings. The van der Waals surface area contributed by atoms with Gasteiger partial charge in [0.15, 0.2) is 0 Å². The Morgan fingerprint density at radius 2 is 1.33 bits per heavy atom. The summed E-state index contributed by atoms with van der Waals surface area (Å²) in [5.74, 6) is -1.47. The Bertz CT molecular complexity index is 950. The van der Waals surface area contributed by atoms with Crippen LogP contribution >= 0.6 is 23.2 Å². The van der Waals surface area contributed by atoms with Crippen LogP contribution in [0.2, 0.25) is 10.0 Å². The molecule has 0 saturated carbocycles. The molecule has 30 heavy (non-hydrogen) atoms. The standard InChI is InChI=1S/C24H21Cl2NO3/c1-30-24(29)21(15-18-19(25)13-8-14-20(18)26)27-23(28)22(16-9-4-2-5-10-16)17-11-6-3-7-12-17/h2-14,21-22H,15H2,1H3,(H,27,28)/t21-/m0/s1. The Morgan fingerprint density at radius 3 is 1.80 bits per heavy atom. The minimum absolute atomic E-state index is 0.118. The SMILES string of the molecule is COC(=O)[C@H](Cc1c(Cl)cccc1Cl)NC(=O)C(c1ccccc1)c1ccccc1. The van der Waals surface area contributed by atoms with Gasteiger partial charge in [0.05, 0.1) is 13.0 Å². The average molecular weight is 442 g/mol. The van der Waals surface area contributed by atoms with Crippen molar-refractivity contribution in [1.82, 2.24) is 5.32 Å². The molecule has 0 radical (unpaired) electrons. The lowest BCUT2D eigenvalue weighted by molar-refractivity contribution is -0.145. The molecule has 6 heteroatoms. The lowest BCUT2D eigenvalue weighted by atomic mass is 9.90. The third-order valence-electron chi connectivity index (χ3n) is 4.80. The minimum atomic E-state index is -0.935.